The van der Waals surface area contributed by atoms with Crippen LogP contribution in [0.2, 0.25) is 0 Å². The molecule has 3 rings (SSSR count). The van der Waals surface area contributed by atoms with Crippen LogP contribution in [0.4, 0.5) is 8.78 Å². The molecule has 4 nitrogen and oxygen atoms in total. The molecule has 0 atom stereocenters. The van der Waals surface area contributed by atoms with Gasteiger partial charge >= 0.3 is 0 Å². The van der Waals surface area contributed by atoms with Crippen molar-refractivity contribution in [2.75, 3.05) is 0 Å². The number of nitrogens with zero attached hydrogens (tertiary/aromatic N) is 2. The zero-order chi connectivity index (χ0) is 18.4. The molecule has 7 heteroatoms. The Bertz CT molecular complexity index is 855. The molecule has 1 N–H and O–H groups in total. The van der Waals surface area contributed by atoms with Crippen LogP contribution >= 0.6 is 0 Å². The number of halogens is 2. The number of phenols is 1. The van der Waals surface area contributed by atoms with E-state index in [2.05, 4.69) is 16.0 Å². The van der Waals surface area contributed by atoms with Crippen LogP contribution in [0.3, 0.4) is 0 Å². The molecule has 1 heterocycles. The van der Waals surface area contributed by atoms with E-state index in [0.717, 1.165) is 17.8 Å². The minimum atomic E-state index is -0.679. The minimum absolute atomic E-state index is 0. The molecule has 2 aromatic carbocycles. The number of aryl methyl sites for hydroxylation is 2. The largest absolute Gasteiger partial charge is 0.507 e. The predicted octanol–water partition coefficient (Wildman–Crippen LogP) is 4.04. The molecule has 0 aliphatic carbocycles. The van der Waals surface area contributed by atoms with Gasteiger partial charge in [0.25, 0.3) is 0 Å². The van der Waals surface area contributed by atoms with E-state index in [0.29, 0.717) is 23.2 Å². The van der Waals surface area contributed by atoms with E-state index in [-0.39, 0.29) is 31.4 Å². The molecule has 3 aromatic rings. The quantitative estimate of drug-likeness (QED) is 0.399. The van der Waals surface area contributed by atoms with E-state index < -0.39 is 11.6 Å². The number of phenolic OH excluding ortho intramolecular Hbond substituents is 1. The van der Waals surface area contributed by atoms with Crippen molar-refractivity contribution in [2.24, 2.45) is 0 Å². The normalized spacial score (nSPS) is 9.54. The first-order valence-electron chi connectivity index (χ1n) is 7.33. The van der Waals surface area contributed by atoms with Crippen molar-refractivity contribution in [1.82, 2.24) is 9.97 Å². The van der Waals surface area contributed by atoms with Crippen LogP contribution in [0.5, 0.6) is 5.75 Å². The maximum absolute atomic E-state index is 13.5. The van der Waals surface area contributed by atoms with Crippen LogP contribution in [0.25, 0.3) is 11.3 Å². The summed E-state index contributed by atoms with van der Waals surface area (Å²) in [5, 5.41) is 8.88. The Labute approximate surface area is 163 Å². The summed E-state index contributed by atoms with van der Waals surface area (Å²) in [6.07, 6.45) is 2.16. The van der Waals surface area contributed by atoms with Gasteiger partial charge in [0.2, 0.25) is 0 Å². The van der Waals surface area contributed by atoms with Crippen molar-refractivity contribution in [3.05, 3.63) is 77.2 Å². The molecule has 0 amide bonds. The second-order valence-electron chi connectivity index (χ2n) is 5.16. The molecule has 0 unspecified atom stereocenters. The SMILES string of the molecule is Cc1cnc(-c2[c-]cc(F)cc2F)c(C)n1.O=Cc1ccccc1O.[Ir]. The molecule has 0 saturated carbocycles. The summed E-state index contributed by atoms with van der Waals surface area (Å²) in [5.41, 5.74) is 2.22. The molecule has 1 radical (unpaired) electrons. The molecule has 1 aromatic heterocycles. The van der Waals surface area contributed by atoms with E-state index in [1.807, 2.05) is 0 Å². The van der Waals surface area contributed by atoms with Crippen LogP contribution in [-0.2, 0) is 20.1 Å². The van der Waals surface area contributed by atoms with Crippen molar-refractivity contribution >= 4 is 6.29 Å². The van der Waals surface area contributed by atoms with Gasteiger partial charge in [-0.25, -0.2) is 0 Å². The van der Waals surface area contributed by atoms with E-state index >= 15 is 0 Å². The molecule has 0 aliphatic rings. The fourth-order valence-electron chi connectivity index (χ4n) is 2.06. The Morgan fingerprint density at radius 2 is 1.88 bits per heavy atom. The number of hydrogen-bond donors (Lipinski definition) is 1. The monoisotopic (exact) mass is 534 g/mol. The van der Waals surface area contributed by atoms with E-state index in [4.69, 9.17) is 5.11 Å². The number of aromatic nitrogens is 2. The van der Waals surface area contributed by atoms with Gasteiger partial charge in [0.1, 0.15) is 5.75 Å². The summed E-state index contributed by atoms with van der Waals surface area (Å²) >= 11 is 0. The number of benzene rings is 2. The summed E-state index contributed by atoms with van der Waals surface area (Å²) in [6, 6.07) is 10.8. The van der Waals surface area contributed by atoms with Crippen LogP contribution in [0.15, 0.2) is 42.6 Å². The summed E-state index contributed by atoms with van der Waals surface area (Å²) < 4.78 is 26.2. The Balaban J connectivity index is 0.000000290. The van der Waals surface area contributed by atoms with Gasteiger partial charge in [-0.2, -0.15) is 0 Å². The fourth-order valence-corrected chi connectivity index (χ4v) is 2.06. The van der Waals surface area contributed by atoms with Crippen molar-refractivity contribution in [1.29, 1.82) is 0 Å². The first-order chi connectivity index (χ1) is 11.9. The number of carbonyl (C=O) groups is 1. The van der Waals surface area contributed by atoms with Crippen LogP contribution < -0.4 is 0 Å². The molecule has 0 fully saturated rings. The zero-order valence-electron chi connectivity index (χ0n) is 14.0. The van der Waals surface area contributed by atoms with Gasteiger partial charge in [0, 0.05) is 49.3 Å². The van der Waals surface area contributed by atoms with Crippen LogP contribution in [0, 0.1) is 31.5 Å². The van der Waals surface area contributed by atoms with Crippen molar-refractivity contribution in [2.45, 2.75) is 13.8 Å². The second-order valence-corrected chi connectivity index (χ2v) is 5.16. The van der Waals surface area contributed by atoms with E-state index in [9.17, 15) is 13.6 Å². The maximum atomic E-state index is 13.5. The molecule has 0 spiro atoms. The van der Waals surface area contributed by atoms with Gasteiger partial charge in [0.15, 0.2) is 6.29 Å². The third-order valence-corrected chi connectivity index (χ3v) is 3.23. The van der Waals surface area contributed by atoms with E-state index in [1.165, 1.54) is 6.07 Å². The summed E-state index contributed by atoms with van der Waals surface area (Å²) in [6.45, 7) is 3.53. The Morgan fingerprint density at radius 3 is 2.42 bits per heavy atom. The zero-order valence-corrected chi connectivity index (χ0v) is 16.4. The van der Waals surface area contributed by atoms with Gasteiger partial charge < -0.3 is 10.1 Å². The van der Waals surface area contributed by atoms with Gasteiger partial charge in [0.05, 0.1) is 11.3 Å². The fraction of sp³-hybridized carbons (Fsp3) is 0.105. The van der Waals surface area contributed by atoms with Crippen molar-refractivity contribution in [3.8, 4) is 17.0 Å². The van der Waals surface area contributed by atoms with Gasteiger partial charge in [-0.15, -0.1) is 12.1 Å². The topological polar surface area (TPSA) is 63.1 Å². The Kier molecular flexibility index (Phi) is 8.16. The van der Waals surface area contributed by atoms with Crippen molar-refractivity contribution in [3.63, 3.8) is 0 Å². The van der Waals surface area contributed by atoms with Gasteiger partial charge in [-0.05, 0) is 26.0 Å². The first-order valence-corrected chi connectivity index (χ1v) is 7.33. The minimum Gasteiger partial charge on any atom is -0.507 e. The Morgan fingerprint density at radius 1 is 1.19 bits per heavy atom. The van der Waals surface area contributed by atoms with E-state index in [1.54, 1.807) is 38.2 Å². The molecule has 0 saturated heterocycles. The molecule has 26 heavy (non-hydrogen) atoms. The maximum Gasteiger partial charge on any atom is 0.153 e. The first kappa shape index (κ1) is 21.5. The van der Waals surface area contributed by atoms with Gasteiger partial charge in [-0.3, -0.25) is 18.6 Å². The molecule has 137 valence electrons. The smallest absolute Gasteiger partial charge is 0.153 e. The number of hydrogen-bond acceptors (Lipinski definition) is 4. The number of carbonyl (C=O) groups excluding carboxylic acids is 1. The second kappa shape index (κ2) is 9.85. The average molecular weight is 534 g/mol. The number of para-hydroxylation sites is 1. The third kappa shape index (κ3) is 5.51. The molecule has 0 aliphatic heterocycles. The molecule has 0 bridgehead atoms. The summed E-state index contributed by atoms with van der Waals surface area (Å²) in [7, 11) is 0. The van der Waals surface area contributed by atoms with Gasteiger partial charge in [-0.1, -0.05) is 23.8 Å². The molecular weight excluding hydrogens is 518 g/mol. The molecular formula is C19H15F2IrN2O2-. The van der Waals surface area contributed by atoms with Crippen LogP contribution in [0.1, 0.15) is 21.7 Å². The summed E-state index contributed by atoms with van der Waals surface area (Å²) in [5.74, 6) is -1.30. The number of aldehydes is 1. The predicted molar refractivity (Wildman–Crippen MR) is 89.2 cm³/mol. The standard InChI is InChI=1S/C12H9F2N2.C7H6O2.Ir/c1-7-6-15-12(8(2)16-7)10-4-3-9(13)5-11(10)14;8-5-6-3-1-2-4-7(6)9;/h3,5-6H,1-2H3;1-5,9H;/q-1;;. The number of aromatic hydroxyl groups is 1. The van der Waals surface area contributed by atoms with Crippen molar-refractivity contribution < 1.29 is 38.8 Å². The average Bonchev–Trinajstić information content (AvgIpc) is 2.57. The third-order valence-electron chi connectivity index (χ3n) is 3.23. The summed E-state index contributed by atoms with van der Waals surface area (Å²) in [4.78, 5) is 18.3. The van der Waals surface area contributed by atoms with Crippen LogP contribution in [-0.4, -0.2) is 21.4 Å². The number of rotatable bonds is 2. The Hall–Kier alpha value is -2.50.